The summed E-state index contributed by atoms with van der Waals surface area (Å²) in [5.74, 6) is -1.57. The monoisotopic (exact) mass is 474 g/mol. The quantitative estimate of drug-likeness (QED) is 0.305. The molecule has 25 heavy (non-hydrogen) atoms. The molecule has 0 aliphatic carbocycles. The molecule has 0 aliphatic heterocycles. The Hall–Kier alpha value is -2.06. The van der Waals surface area contributed by atoms with Gasteiger partial charge in [0.2, 0.25) is 11.7 Å². The minimum atomic E-state index is -0.654. The third-order valence-corrected chi connectivity index (χ3v) is 4.48. The Morgan fingerprint density at radius 1 is 1.40 bits per heavy atom. The molecular weight excluding hydrogens is 458 g/mol. The topological polar surface area (TPSA) is 78.1 Å². The van der Waals surface area contributed by atoms with E-state index in [0.29, 0.717) is 0 Å². The lowest BCUT2D eigenvalue weighted by atomic mass is 10.1. The molecule has 0 fully saturated rings. The van der Waals surface area contributed by atoms with Crippen LogP contribution in [-0.2, 0) is 4.79 Å². The summed E-state index contributed by atoms with van der Waals surface area (Å²) in [5.41, 5.74) is 0.104. The lowest BCUT2D eigenvalue weighted by molar-refractivity contribution is -0.114. The first kappa shape index (κ1) is 21.0. The van der Waals surface area contributed by atoms with Gasteiger partial charge >= 0.3 is 0 Å². The van der Waals surface area contributed by atoms with Gasteiger partial charge in [-0.2, -0.15) is 5.26 Å². The van der Waals surface area contributed by atoms with E-state index in [1.54, 1.807) is 19.0 Å². The maximum absolute atomic E-state index is 14.1. The zero-order valence-electron chi connectivity index (χ0n) is 13.8. The summed E-state index contributed by atoms with van der Waals surface area (Å²) >= 11 is 1.96. The molecule has 6 nitrogen and oxygen atoms in total. The number of hydrogen-bond donors (Lipinski definition) is 1. The molecule has 1 aromatic heterocycles. The van der Waals surface area contributed by atoms with Crippen LogP contribution in [0.25, 0.3) is 0 Å². The molecule has 0 saturated carbocycles. The molecule has 9 heteroatoms. The number of nitriles is 1. The fraction of sp³-hybridized carbons (Fsp3) is 0.188. The Labute approximate surface area is 161 Å². The zero-order valence-corrected chi connectivity index (χ0v) is 16.8. The molecule has 0 unspecified atom stereocenters. The van der Waals surface area contributed by atoms with Gasteiger partial charge in [-0.1, -0.05) is 6.07 Å². The van der Waals surface area contributed by atoms with E-state index in [2.05, 4.69) is 5.32 Å². The van der Waals surface area contributed by atoms with Crippen molar-refractivity contribution in [2.24, 2.45) is 0 Å². The Bertz CT molecular complexity index is 798. The molecule has 1 amide bonds. The summed E-state index contributed by atoms with van der Waals surface area (Å²) in [5, 5.41) is 11.6. The summed E-state index contributed by atoms with van der Waals surface area (Å²) < 4.78 is 15.6. The van der Waals surface area contributed by atoms with Crippen molar-refractivity contribution in [1.29, 1.82) is 5.26 Å². The van der Waals surface area contributed by atoms with Gasteiger partial charge in [-0.15, -0.1) is 0 Å². The number of halogens is 2. The van der Waals surface area contributed by atoms with Gasteiger partial charge in [0.05, 0.1) is 5.69 Å². The number of rotatable bonds is 5. The maximum atomic E-state index is 14.1. The number of aromatic nitrogens is 1. The normalized spacial score (nSPS) is 10.5. The number of amides is 1. The molecule has 0 radical (unpaired) electrons. The molecule has 132 valence electrons. The van der Waals surface area contributed by atoms with E-state index in [9.17, 15) is 19.2 Å². The van der Waals surface area contributed by atoms with Crippen LogP contribution in [0, 0.1) is 17.1 Å². The lowest BCUT2D eigenvalue weighted by Gasteiger charge is -2.08. The molecular formula is C16H16FIN4O2S. The highest BCUT2D eigenvalue weighted by Gasteiger charge is 2.15. The number of carbonyl (C=O) groups excluding carboxylic acids is 2. The van der Waals surface area contributed by atoms with Crippen LogP contribution in [0.5, 0.6) is 0 Å². The van der Waals surface area contributed by atoms with E-state index in [4.69, 9.17) is 0 Å². The molecule has 0 bridgehead atoms. The summed E-state index contributed by atoms with van der Waals surface area (Å²) in [6.45, 7) is 1.27. The summed E-state index contributed by atoms with van der Waals surface area (Å²) in [4.78, 5) is 25.4. The van der Waals surface area contributed by atoms with Gasteiger partial charge in [0.15, 0.2) is 0 Å². The van der Waals surface area contributed by atoms with Crippen LogP contribution in [0.1, 0.15) is 17.4 Å². The predicted octanol–water partition coefficient (Wildman–Crippen LogP) is 3.71. The van der Waals surface area contributed by atoms with E-state index >= 15 is 0 Å². The highest BCUT2D eigenvalue weighted by atomic mass is 127. The van der Waals surface area contributed by atoms with Crippen LogP contribution in [-0.4, -0.2) is 34.7 Å². The Kier molecular flexibility index (Phi) is 8.44. The molecule has 1 rings (SSSR count). The Balaban J connectivity index is 3.59. The average Bonchev–Trinajstić information content (AvgIpc) is 2.62. The molecule has 1 aromatic rings. The standard InChI is InChI=1S/C16H16FIN4O2S/c1-11(23)20-14-7-8-22(25-18)15(6-4-5-13(14)17)16(24)12(9-19)10-21(2)3/h4-8,10H,1-3H3,(H,20,23)/b5-4?,8-7?,12-10+,14-13?,15-6?. The van der Waals surface area contributed by atoms with Crippen molar-refractivity contribution in [3.8, 4) is 6.07 Å². The van der Waals surface area contributed by atoms with Crippen LogP contribution >= 0.6 is 30.3 Å². The van der Waals surface area contributed by atoms with Gasteiger partial charge in [-0.3, -0.25) is 13.6 Å². The third kappa shape index (κ3) is 6.39. The molecule has 0 saturated heterocycles. The van der Waals surface area contributed by atoms with Crippen molar-refractivity contribution >= 4 is 47.7 Å². The number of allylic oxidation sites excluding steroid dienone is 1. The van der Waals surface area contributed by atoms with Gasteiger partial charge in [-0.25, -0.2) is 4.39 Å². The van der Waals surface area contributed by atoms with Crippen molar-refractivity contribution in [3.63, 3.8) is 0 Å². The first-order chi connectivity index (χ1) is 11.8. The molecule has 0 spiro atoms. The van der Waals surface area contributed by atoms with Gasteiger partial charge in [-0.05, 0) is 18.2 Å². The molecule has 0 aliphatic rings. The van der Waals surface area contributed by atoms with Gasteiger partial charge in [0.1, 0.15) is 23.2 Å². The van der Waals surface area contributed by atoms with E-state index in [1.165, 1.54) is 50.6 Å². The number of ketones is 1. The molecule has 0 atom stereocenters. The van der Waals surface area contributed by atoms with Crippen molar-refractivity contribution < 1.29 is 14.0 Å². The van der Waals surface area contributed by atoms with Gasteiger partial charge in [0, 0.05) is 63.7 Å². The second-order valence-electron chi connectivity index (χ2n) is 5.01. The van der Waals surface area contributed by atoms with Crippen molar-refractivity contribution in [1.82, 2.24) is 8.87 Å². The lowest BCUT2D eigenvalue weighted by Crippen LogP contribution is -2.11. The van der Waals surface area contributed by atoms with E-state index in [0.717, 1.165) is 6.07 Å². The van der Waals surface area contributed by atoms with E-state index in [1.807, 2.05) is 27.3 Å². The second kappa shape index (κ2) is 10.0. The number of anilines is 1. The third-order valence-electron chi connectivity index (χ3n) is 2.74. The van der Waals surface area contributed by atoms with Gasteiger partial charge in [0.25, 0.3) is 0 Å². The second-order valence-corrected chi connectivity index (χ2v) is 6.72. The fourth-order valence-electron chi connectivity index (χ4n) is 1.75. The zero-order chi connectivity index (χ0) is 19.0. The minimum Gasteiger partial charge on any atom is -0.382 e. The van der Waals surface area contributed by atoms with Crippen molar-refractivity contribution in [2.75, 3.05) is 19.4 Å². The fourth-order valence-corrected chi connectivity index (χ4v) is 3.11. The van der Waals surface area contributed by atoms with Gasteiger partial charge < -0.3 is 10.2 Å². The highest BCUT2D eigenvalue weighted by Crippen LogP contribution is 2.21. The van der Waals surface area contributed by atoms with Crippen molar-refractivity contribution in [2.45, 2.75) is 6.92 Å². The van der Waals surface area contributed by atoms with Crippen LogP contribution in [0.15, 0.2) is 42.2 Å². The summed E-state index contributed by atoms with van der Waals surface area (Å²) in [7, 11) is 4.57. The van der Waals surface area contributed by atoms with E-state index in [-0.39, 0.29) is 17.0 Å². The number of Topliss-reactive ketones (excluding diaryl/α,β-unsaturated/α-hetero) is 1. The van der Waals surface area contributed by atoms with Crippen molar-refractivity contribution in [3.05, 3.63) is 53.7 Å². The first-order valence-corrected chi connectivity index (χ1v) is 10.3. The Morgan fingerprint density at radius 2 is 2.08 bits per heavy atom. The van der Waals surface area contributed by atoms with Crippen LogP contribution in [0.3, 0.4) is 0 Å². The molecule has 1 N–H and O–H groups in total. The molecule has 1 heterocycles. The van der Waals surface area contributed by atoms with E-state index < -0.39 is 17.5 Å². The highest BCUT2D eigenvalue weighted by molar-refractivity contribution is 14.2. The Morgan fingerprint density at radius 3 is 2.60 bits per heavy atom. The molecule has 0 aromatic carbocycles. The first-order valence-electron chi connectivity index (χ1n) is 6.95. The smallest absolute Gasteiger partial charge is 0.222 e. The maximum Gasteiger partial charge on any atom is 0.222 e. The van der Waals surface area contributed by atoms with Crippen LogP contribution in [0.2, 0.25) is 0 Å². The number of carbonyl (C=O) groups is 2. The SMILES string of the molecule is CC(=O)Nc1ccn(SI)c(C(=O)/C(C#N)=C/N(C)C)cccc1F. The number of nitrogens with zero attached hydrogens (tertiary/aromatic N) is 3. The average molecular weight is 474 g/mol. The summed E-state index contributed by atoms with van der Waals surface area (Å²) in [6.07, 6.45) is 2.87. The predicted molar refractivity (Wildman–Crippen MR) is 105 cm³/mol. The van der Waals surface area contributed by atoms with Crippen LogP contribution in [0.4, 0.5) is 10.1 Å². The number of nitrogens with one attached hydrogen (secondary N) is 1. The largest absolute Gasteiger partial charge is 0.382 e. The summed E-state index contributed by atoms with van der Waals surface area (Å²) in [6, 6.07) is 7.11. The minimum absolute atomic E-state index is 0.0226. The van der Waals surface area contributed by atoms with Crippen LogP contribution < -0.4 is 5.32 Å². The number of hydrogen-bond acceptors (Lipinski definition) is 5.